The number of urea groups is 1. The van der Waals surface area contributed by atoms with Crippen LogP contribution in [0, 0.1) is 16.7 Å². The molecule has 11 heteroatoms. The van der Waals surface area contributed by atoms with Crippen molar-refractivity contribution in [2.24, 2.45) is 16.7 Å². The van der Waals surface area contributed by atoms with Gasteiger partial charge >= 0.3 is 12.2 Å². The van der Waals surface area contributed by atoms with Gasteiger partial charge < -0.3 is 9.80 Å². The van der Waals surface area contributed by atoms with E-state index >= 15 is 0 Å². The molecule has 0 radical (unpaired) electrons. The van der Waals surface area contributed by atoms with Crippen molar-refractivity contribution in [1.82, 2.24) is 19.5 Å². The summed E-state index contributed by atoms with van der Waals surface area (Å²) in [7, 11) is -3.19. The van der Waals surface area contributed by atoms with Crippen LogP contribution in [0.5, 0.6) is 0 Å². The summed E-state index contributed by atoms with van der Waals surface area (Å²) in [6.45, 7) is 2.38. The molecule has 7 rings (SSSR count). The molecule has 174 valence electrons. The minimum atomic E-state index is -4.41. The first-order valence-electron chi connectivity index (χ1n) is 11.0. The predicted octanol–water partition coefficient (Wildman–Crippen LogP) is 2.24. The third kappa shape index (κ3) is 3.07. The fraction of sp³-hybridized carbons (Fsp3) is 0.714. The molecule has 6 fully saturated rings. The van der Waals surface area contributed by atoms with Crippen LogP contribution in [-0.2, 0) is 22.6 Å². The molecule has 6 aliphatic rings. The Balaban J connectivity index is 0.971. The van der Waals surface area contributed by atoms with Crippen LogP contribution in [0.25, 0.3) is 0 Å². The summed E-state index contributed by atoms with van der Waals surface area (Å²) in [5, 5.41) is 0. The number of hydrogen-bond acceptors (Lipinski definition) is 4. The molecule has 2 amide bonds. The van der Waals surface area contributed by atoms with Crippen LogP contribution >= 0.6 is 0 Å². The van der Waals surface area contributed by atoms with Crippen molar-refractivity contribution in [2.45, 2.75) is 43.8 Å². The molecule has 0 unspecified atom stereocenters. The first-order chi connectivity index (χ1) is 14.9. The molecular weight excluding hydrogens is 445 g/mol. The number of nitrogens with one attached hydrogen (secondary N) is 1. The maximum atomic E-state index is 12.7. The minimum Gasteiger partial charge on any atom is -0.324 e. The first kappa shape index (κ1) is 20.7. The quantitative estimate of drug-likeness (QED) is 0.735. The largest absolute Gasteiger partial charge is 0.433 e. The molecule has 1 N–H and O–H groups in total. The molecule has 32 heavy (non-hydrogen) atoms. The van der Waals surface area contributed by atoms with E-state index in [2.05, 4.69) is 9.71 Å². The van der Waals surface area contributed by atoms with Gasteiger partial charge in [0.05, 0.1) is 11.3 Å². The van der Waals surface area contributed by atoms with Crippen molar-refractivity contribution < 1.29 is 26.4 Å². The van der Waals surface area contributed by atoms with Crippen LogP contribution in [0.3, 0.4) is 0 Å². The highest BCUT2D eigenvalue weighted by molar-refractivity contribution is 7.89. The summed E-state index contributed by atoms with van der Waals surface area (Å²) in [5.74, 6) is 0.618. The van der Waals surface area contributed by atoms with Crippen molar-refractivity contribution >= 4 is 16.1 Å². The molecule has 3 saturated carbocycles. The predicted molar refractivity (Wildman–Crippen MR) is 108 cm³/mol. The standard InChI is InChI=1S/C21H25F3N4O3S/c22-21(23,24)16-2-1-14(6-25-16)5-18-9-19(10-18,11-18)15-7-27(8-15)17(29)28-12-20(13-28)3-4-32(30,31)26-20/h1-2,6,15,26H,3-5,7-13H2. The Bertz CT molecular complexity index is 1060. The topological polar surface area (TPSA) is 82.6 Å². The van der Waals surface area contributed by atoms with E-state index < -0.39 is 27.4 Å². The molecule has 0 aromatic carbocycles. The van der Waals surface area contributed by atoms with Gasteiger partial charge in [-0.3, -0.25) is 4.98 Å². The third-order valence-corrected chi connectivity index (χ3v) is 9.86. The lowest BCUT2D eigenvalue weighted by molar-refractivity contribution is -0.254. The van der Waals surface area contributed by atoms with Gasteiger partial charge in [0.15, 0.2) is 0 Å². The van der Waals surface area contributed by atoms with E-state index in [1.165, 1.54) is 12.3 Å². The van der Waals surface area contributed by atoms with Gasteiger partial charge in [0, 0.05) is 32.4 Å². The maximum Gasteiger partial charge on any atom is 0.433 e. The monoisotopic (exact) mass is 470 g/mol. The van der Waals surface area contributed by atoms with Gasteiger partial charge in [-0.05, 0) is 60.5 Å². The van der Waals surface area contributed by atoms with Gasteiger partial charge in [0.25, 0.3) is 0 Å². The Hall–Kier alpha value is -1.88. The van der Waals surface area contributed by atoms with Crippen LogP contribution in [-0.4, -0.2) is 66.7 Å². The van der Waals surface area contributed by atoms with Gasteiger partial charge in [-0.25, -0.2) is 17.9 Å². The highest BCUT2D eigenvalue weighted by Crippen LogP contribution is 2.78. The summed E-state index contributed by atoms with van der Waals surface area (Å²) in [6.07, 6.45) is 1.48. The molecule has 7 nitrogen and oxygen atoms in total. The number of carbonyl (C=O) groups excluding carboxylic acids is 1. The molecule has 3 aliphatic heterocycles. The number of likely N-dealkylation sites (tertiary alicyclic amines) is 2. The number of carbonyl (C=O) groups is 1. The molecule has 0 atom stereocenters. The summed E-state index contributed by atoms with van der Waals surface area (Å²) >= 11 is 0. The second kappa shape index (κ2) is 6.16. The lowest BCUT2D eigenvalue weighted by Gasteiger charge is -2.76. The Morgan fingerprint density at radius 1 is 1.16 bits per heavy atom. The van der Waals surface area contributed by atoms with Crippen molar-refractivity contribution in [3.8, 4) is 0 Å². The van der Waals surface area contributed by atoms with E-state index in [0.717, 1.165) is 50.4 Å². The van der Waals surface area contributed by atoms with Gasteiger partial charge in [-0.2, -0.15) is 13.2 Å². The zero-order valence-corrected chi connectivity index (χ0v) is 18.3. The molecule has 2 bridgehead atoms. The maximum absolute atomic E-state index is 12.7. The number of sulfonamides is 1. The Kier molecular flexibility index (Phi) is 3.99. The van der Waals surface area contributed by atoms with Gasteiger partial charge in [-0.1, -0.05) is 6.07 Å². The number of aromatic nitrogens is 1. The lowest BCUT2D eigenvalue weighted by Crippen LogP contribution is -2.75. The zero-order chi connectivity index (χ0) is 22.6. The van der Waals surface area contributed by atoms with E-state index in [9.17, 15) is 26.4 Å². The van der Waals surface area contributed by atoms with E-state index in [1.54, 1.807) is 4.90 Å². The molecule has 3 aliphatic carbocycles. The number of halogens is 3. The number of alkyl halides is 3. The Morgan fingerprint density at radius 2 is 1.84 bits per heavy atom. The number of nitrogens with zero attached hydrogens (tertiary/aromatic N) is 3. The third-order valence-electron chi connectivity index (χ3n) is 8.37. The molecule has 4 heterocycles. The summed E-state index contributed by atoms with van der Waals surface area (Å²) < 4.78 is 64.0. The molecule has 1 aromatic rings. The van der Waals surface area contributed by atoms with Crippen LogP contribution < -0.4 is 4.72 Å². The summed E-state index contributed by atoms with van der Waals surface area (Å²) in [6, 6.07) is 2.59. The number of hydrogen-bond donors (Lipinski definition) is 1. The average Bonchev–Trinajstić information content (AvgIpc) is 2.91. The average molecular weight is 471 g/mol. The van der Waals surface area contributed by atoms with E-state index in [-0.39, 0.29) is 22.6 Å². The molecule has 3 saturated heterocycles. The Labute approximate surface area is 184 Å². The molecular formula is C21H25F3N4O3S. The fourth-order valence-electron chi connectivity index (χ4n) is 6.86. The van der Waals surface area contributed by atoms with E-state index in [1.807, 2.05) is 4.90 Å². The van der Waals surface area contributed by atoms with Crippen LogP contribution in [0.15, 0.2) is 18.3 Å². The van der Waals surface area contributed by atoms with Crippen molar-refractivity contribution in [2.75, 3.05) is 31.9 Å². The van der Waals surface area contributed by atoms with Crippen LogP contribution in [0.2, 0.25) is 0 Å². The zero-order valence-electron chi connectivity index (χ0n) is 17.5. The SMILES string of the molecule is O=C(N1CC(C23CC(Cc4ccc(C(F)(F)F)nc4)(C2)C3)C1)N1CC2(CCS(=O)(=O)N2)C1. The lowest BCUT2D eigenvalue weighted by atomic mass is 9.30. The fourth-order valence-corrected chi connectivity index (χ4v) is 8.51. The smallest absolute Gasteiger partial charge is 0.324 e. The van der Waals surface area contributed by atoms with Gasteiger partial charge in [0.1, 0.15) is 5.69 Å². The van der Waals surface area contributed by atoms with Crippen molar-refractivity contribution in [1.29, 1.82) is 0 Å². The normalized spacial score (nSPS) is 34.5. The molecule has 1 aromatic heterocycles. The first-order valence-corrected chi connectivity index (χ1v) is 12.6. The number of pyridine rings is 1. The van der Waals surface area contributed by atoms with Crippen molar-refractivity contribution in [3.05, 3.63) is 29.6 Å². The van der Waals surface area contributed by atoms with Crippen LogP contribution in [0.1, 0.15) is 36.9 Å². The highest BCUT2D eigenvalue weighted by atomic mass is 32.2. The minimum absolute atomic E-state index is 0.00453. The summed E-state index contributed by atoms with van der Waals surface area (Å²) in [5.41, 5.74) is 0.0217. The second-order valence-electron chi connectivity index (χ2n) is 10.8. The second-order valence-corrected chi connectivity index (χ2v) is 12.7. The molecule has 1 spiro atoms. The summed E-state index contributed by atoms with van der Waals surface area (Å²) in [4.78, 5) is 19.8. The number of amides is 2. The van der Waals surface area contributed by atoms with Crippen molar-refractivity contribution in [3.63, 3.8) is 0 Å². The van der Waals surface area contributed by atoms with Crippen LogP contribution in [0.4, 0.5) is 18.0 Å². The number of rotatable bonds is 3. The Morgan fingerprint density at radius 3 is 2.38 bits per heavy atom. The van der Waals surface area contributed by atoms with E-state index in [0.29, 0.717) is 25.4 Å². The van der Waals surface area contributed by atoms with Gasteiger partial charge in [0.2, 0.25) is 10.0 Å². The van der Waals surface area contributed by atoms with E-state index in [4.69, 9.17) is 0 Å². The van der Waals surface area contributed by atoms with Gasteiger partial charge in [-0.15, -0.1) is 0 Å². The highest BCUT2D eigenvalue weighted by Gasteiger charge is 2.71.